The molecule has 0 saturated carbocycles. The Morgan fingerprint density at radius 1 is 1.41 bits per heavy atom. The highest BCUT2D eigenvalue weighted by molar-refractivity contribution is 6.17. The minimum atomic E-state index is -0.486. The standard InChI is InChI=1S/C18H23ClO3/c1-18(2,3)22-16(20)12-14-9-11-21-15-8-4-6-13(17(14)15)7-5-10-19/h4,6,8,12H,5,7,9-11H2,1-3H3/b14-12+. The Kier molecular flexibility index (Phi) is 5.52. The molecule has 0 aliphatic carbocycles. The van der Waals surface area contributed by atoms with Crippen molar-refractivity contribution in [2.24, 2.45) is 0 Å². The third kappa shape index (κ3) is 4.51. The largest absolute Gasteiger partial charge is 0.493 e. The number of hydrogen-bond donors (Lipinski definition) is 0. The minimum absolute atomic E-state index is 0.303. The van der Waals surface area contributed by atoms with Gasteiger partial charge in [0.2, 0.25) is 0 Å². The molecule has 2 rings (SSSR count). The predicted octanol–water partition coefficient (Wildman–Crippen LogP) is 4.37. The third-order valence-electron chi connectivity index (χ3n) is 3.34. The molecule has 0 bridgehead atoms. The van der Waals surface area contributed by atoms with E-state index in [0.717, 1.165) is 29.7 Å². The van der Waals surface area contributed by atoms with Crippen molar-refractivity contribution in [1.29, 1.82) is 0 Å². The second kappa shape index (κ2) is 7.19. The van der Waals surface area contributed by atoms with Gasteiger partial charge in [0.25, 0.3) is 0 Å². The Hall–Kier alpha value is -1.48. The summed E-state index contributed by atoms with van der Waals surface area (Å²) in [6, 6.07) is 6.00. The first-order chi connectivity index (χ1) is 10.4. The fourth-order valence-electron chi connectivity index (χ4n) is 2.54. The summed E-state index contributed by atoms with van der Waals surface area (Å²) in [7, 11) is 0. The first kappa shape index (κ1) is 16.9. The number of carbonyl (C=O) groups excluding carboxylic acids is 1. The molecule has 1 aliphatic heterocycles. The zero-order valence-corrected chi connectivity index (χ0v) is 14.2. The van der Waals surface area contributed by atoms with Gasteiger partial charge >= 0.3 is 5.97 Å². The molecule has 0 fully saturated rings. The van der Waals surface area contributed by atoms with E-state index in [1.54, 1.807) is 6.08 Å². The van der Waals surface area contributed by atoms with Crippen LogP contribution in [0, 0.1) is 0 Å². The average molecular weight is 323 g/mol. The van der Waals surface area contributed by atoms with E-state index in [4.69, 9.17) is 21.1 Å². The third-order valence-corrected chi connectivity index (χ3v) is 3.61. The minimum Gasteiger partial charge on any atom is -0.493 e. The molecular weight excluding hydrogens is 300 g/mol. The molecule has 1 aromatic rings. The average Bonchev–Trinajstić information content (AvgIpc) is 2.43. The molecule has 0 spiro atoms. The van der Waals surface area contributed by atoms with Gasteiger partial charge < -0.3 is 9.47 Å². The highest BCUT2D eigenvalue weighted by Crippen LogP contribution is 2.36. The quantitative estimate of drug-likeness (QED) is 0.469. The molecule has 1 heterocycles. The van der Waals surface area contributed by atoms with Gasteiger partial charge in [0.05, 0.1) is 6.61 Å². The van der Waals surface area contributed by atoms with Crippen molar-refractivity contribution >= 4 is 23.1 Å². The van der Waals surface area contributed by atoms with E-state index in [9.17, 15) is 4.79 Å². The fraction of sp³-hybridized carbons (Fsp3) is 0.500. The monoisotopic (exact) mass is 322 g/mol. The summed E-state index contributed by atoms with van der Waals surface area (Å²) in [5.41, 5.74) is 2.71. The van der Waals surface area contributed by atoms with Gasteiger partial charge in [-0.3, -0.25) is 0 Å². The van der Waals surface area contributed by atoms with E-state index in [-0.39, 0.29) is 5.97 Å². The van der Waals surface area contributed by atoms with Crippen molar-refractivity contribution in [2.75, 3.05) is 12.5 Å². The van der Waals surface area contributed by atoms with E-state index in [1.165, 1.54) is 5.56 Å². The van der Waals surface area contributed by atoms with E-state index in [0.29, 0.717) is 18.9 Å². The van der Waals surface area contributed by atoms with Gasteiger partial charge in [-0.05, 0) is 50.8 Å². The normalized spacial score (nSPS) is 16.1. The number of alkyl halides is 1. The van der Waals surface area contributed by atoms with Gasteiger partial charge in [-0.1, -0.05) is 12.1 Å². The van der Waals surface area contributed by atoms with E-state index in [1.807, 2.05) is 32.9 Å². The van der Waals surface area contributed by atoms with Crippen molar-refractivity contribution < 1.29 is 14.3 Å². The van der Waals surface area contributed by atoms with Crippen molar-refractivity contribution in [3.8, 4) is 5.75 Å². The number of aryl methyl sites for hydroxylation is 1. The lowest BCUT2D eigenvalue weighted by Gasteiger charge is -2.24. The lowest BCUT2D eigenvalue weighted by molar-refractivity contribution is -0.148. The molecule has 1 aromatic carbocycles. The number of esters is 1. The molecule has 0 radical (unpaired) electrons. The molecule has 3 nitrogen and oxygen atoms in total. The van der Waals surface area contributed by atoms with Gasteiger partial charge in [-0.15, -0.1) is 11.6 Å². The summed E-state index contributed by atoms with van der Waals surface area (Å²) < 4.78 is 11.1. The van der Waals surface area contributed by atoms with Crippen molar-refractivity contribution in [2.45, 2.75) is 45.6 Å². The maximum absolute atomic E-state index is 12.1. The van der Waals surface area contributed by atoms with Crippen molar-refractivity contribution in [3.63, 3.8) is 0 Å². The Balaban J connectivity index is 2.32. The first-order valence-electron chi connectivity index (χ1n) is 7.65. The number of ether oxygens (including phenoxy) is 2. The summed E-state index contributed by atoms with van der Waals surface area (Å²) in [4.78, 5) is 12.1. The number of fused-ring (bicyclic) bond motifs is 1. The second-order valence-electron chi connectivity index (χ2n) is 6.38. The SMILES string of the molecule is CC(C)(C)OC(=O)/C=C1\CCOc2cccc(CCCCl)c21. The van der Waals surface area contributed by atoms with Crippen LogP contribution in [0.1, 0.15) is 44.7 Å². The lowest BCUT2D eigenvalue weighted by Crippen LogP contribution is -2.23. The first-order valence-corrected chi connectivity index (χ1v) is 8.19. The topological polar surface area (TPSA) is 35.5 Å². The summed E-state index contributed by atoms with van der Waals surface area (Å²) >= 11 is 5.81. The molecular formula is C18H23ClO3. The molecule has 0 atom stereocenters. The fourth-order valence-corrected chi connectivity index (χ4v) is 2.67. The Morgan fingerprint density at radius 2 is 2.18 bits per heavy atom. The Labute approximate surface area is 137 Å². The zero-order valence-electron chi connectivity index (χ0n) is 13.4. The number of hydrogen-bond acceptors (Lipinski definition) is 3. The summed E-state index contributed by atoms with van der Waals surface area (Å²) in [5, 5.41) is 0. The summed E-state index contributed by atoms with van der Waals surface area (Å²) in [6.07, 6.45) is 4.10. The van der Waals surface area contributed by atoms with Gasteiger partial charge in [0.15, 0.2) is 0 Å². The predicted molar refractivity (Wildman–Crippen MR) is 89.4 cm³/mol. The molecule has 4 heteroatoms. The van der Waals surface area contributed by atoms with Crippen LogP contribution >= 0.6 is 11.6 Å². The molecule has 0 N–H and O–H groups in total. The van der Waals surface area contributed by atoms with Gasteiger partial charge in [0, 0.05) is 23.9 Å². The Bertz CT molecular complexity index is 570. The maximum atomic E-state index is 12.1. The van der Waals surface area contributed by atoms with Crippen LogP contribution in [-0.4, -0.2) is 24.1 Å². The van der Waals surface area contributed by atoms with Crippen LogP contribution in [0.5, 0.6) is 5.75 Å². The van der Waals surface area contributed by atoms with Crippen LogP contribution in [0.2, 0.25) is 0 Å². The zero-order chi connectivity index (χ0) is 16.2. The molecule has 22 heavy (non-hydrogen) atoms. The smallest absolute Gasteiger partial charge is 0.331 e. The molecule has 0 aromatic heterocycles. The highest BCUT2D eigenvalue weighted by Gasteiger charge is 2.21. The number of benzene rings is 1. The summed E-state index contributed by atoms with van der Waals surface area (Å²) in [5.74, 6) is 1.16. The summed E-state index contributed by atoms with van der Waals surface area (Å²) in [6.45, 7) is 6.19. The van der Waals surface area contributed by atoms with Crippen LogP contribution in [0.4, 0.5) is 0 Å². The maximum Gasteiger partial charge on any atom is 0.331 e. The van der Waals surface area contributed by atoms with Gasteiger partial charge in [-0.25, -0.2) is 4.79 Å². The number of rotatable bonds is 4. The van der Waals surface area contributed by atoms with E-state index in [2.05, 4.69) is 6.07 Å². The Morgan fingerprint density at radius 3 is 2.86 bits per heavy atom. The van der Waals surface area contributed by atoms with E-state index >= 15 is 0 Å². The molecule has 1 aliphatic rings. The van der Waals surface area contributed by atoms with Gasteiger partial charge in [0.1, 0.15) is 11.4 Å². The van der Waals surface area contributed by atoms with Crippen molar-refractivity contribution in [1.82, 2.24) is 0 Å². The second-order valence-corrected chi connectivity index (χ2v) is 6.76. The van der Waals surface area contributed by atoms with Crippen LogP contribution in [0.3, 0.4) is 0 Å². The van der Waals surface area contributed by atoms with Crippen LogP contribution in [-0.2, 0) is 16.0 Å². The number of carbonyl (C=O) groups is 1. The van der Waals surface area contributed by atoms with Crippen LogP contribution < -0.4 is 4.74 Å². The lowest BCUT2D eigenvalue weighted by atomic mass is 9.92. The molecule has 0 saturated heterocycles. The number of halogens is 1. The van der Waals surface area contributed by atoms with Crippen LogP contribution in [0.15, 0.2) is 24.3 Å². The molecule has 120 valence electrons. The van der Waals surface area contributed by atoms with Crippen LogP contribution in [0.25, 0.3) is 5.57 Å². The molecule has 0 unspecified atom stereocenters. The highest BCUT2D eigenvalue weighted by atomic mass is 35.5. The van der Waals surface area contributed by atoms with E-state index < -0.39 is 5.60 Å². The van der Waals surface area contributed by atoms with Crippen molar-refractivity contribution in [3.05, 3.63) is 35.4 Å². The van der Waals surface area contributed by atoms with Gasteiger partial charge in [-0.2, -0.15) is 0 Å². The molecule has 0 amide bonds.